The van der Waals surface area contributed by atoms with Crippen LogP contribution in [0.3, 0.4) is 0 Å². The van der Waals surface area contributed by atoms with Gasteiger partial charge in [-0.2, -0.15) is 0 Å². The van der Waals surface area contributed by atoms with Crippen LogP contribution in [0, 0.1) is 13.8 Å². The second-order valence-corrected chi connectivity index (χ2v) is 10.8. The number of nitrogens with one attached hydrogen (secondary N) is 1. The Morgan fingerprint density at radius 3 is 2.57 bits per heavy atom. The molecular formula is C14H19NO5S3. The van der Waals surface area contributed by atoms with E-state index in [1.807, 2.05) is 11.6 Å². The minimum atomic E-state index is -3.90. The Bertz CT molecular complexity index is 815. The maximum atomic E-state index is 12.2. The van der Waals surface area contributed by atoms with Gasteiger partial charge in [-0.25, -0.2) is 21.6 Å². The summed E-state index contributed by atoms with van der Waals surface area (Å²) in [6, 6.07) is 4.66. The first kappa shape index (κ1) is 18.3. The minimum Gasteiger partial charge on any atom is -0.273 e. The summed E-state index contributed by atoms with van der Waals surface area (Å²) >= 11 is 1.18. The molecule has 1 N–H and O–H groups in total. The Kier molecular flexibility index (Phi) is 5.42. The van der Waals surface area contributed by atoms with Crippen molar-refractivity contribution < 1.29 is 21.6 Å². The average Bonchev–Trinajstić information content (AvgIpc) is 2.78. The molecule has 0 aliphatic carbocycles. The van der Waals surface area contributed by atoms with Crippen molar-refractivity contribution in [2.45, 2.75) is 30.4 Å². The third-order valence-electron chi connectivity index (χ3n) is 3.68. The third kappa shape index (κ3) is 4.95. The van der Waals surface area contributed by atoms with E-state index in [4.69, 9.17) is 0 Å². The number of sulfonamides is 1. The van der Waals surface area contributed by atoms with Gasteiger partial charge in [-0.1, -0.05) is 6.07 Å². The molecule has 0 unspecified atom stereocenters. The second kappa shape index (κ2) is 6.82. The van der Waals surface area contributed by atoms with Gasteiger partial charge in [-0.15, -0.1) is 11.8 Å². The first-order chi connectivity index (χ1) is 10.6. The van der Waals surface area contributed by atoms with Crippen molar-refractivity contribution >= 4 is 37.5 Å². The highest BCUT2D eigenvalue weighted by Crippen LogP contribution is 2.24. The van der Waals surface area contributed by atoms with E-state index in [-0.39, 0.29) is 27.4 Å². The Morgan fingerprint density at radius 1 is 1.30 bits per heavy atom. The van der Waals surface area contributed by atoms with Crippen LogP contribution in [0.15, 0.2) is 23.1 Å². The predicted octanol–water partition coefficient (Wildman–Crippen LogP) is 1.03. The van der Waals surface area contributed by atoms with Gasteiger partial charge in [0.05, 0.1) is 22.2 Å². The van der Waals surface area contributed by atoms with E-state index in [1.165, 1.54) is 23.9 Å². The zero-order valence-corrected chi connectivity index (χ0v) is 15.4. The molecule has 1 aromatic rings. The molecule has 0 aromatic heterocycles. The highest BCUT2D eigenvalue weighted by Gasteiger charge is 2.29. The number of carbonyl (C=O) groups is 1. The fourth-order valence-corrected chi connectivity index (χ4v) is 6.81. The number of rotatable bonds is 5. The van der Waals surface area contributed by atoms with Gasteiger partial charge >= 0.3 is 0 Å². The summed E-state index contributed by atoms with van der Waals surface area (Å²) in [5, 5.41) is -0.143. The van der Waals surface area contributed by atoms with Crippen LogP contribution in [-0.4, -0.2) is 45.3 Å². The fourth-order valence-electron chi connectivity index (χ4n) is 2.21. The van der Waals surface area contributed by atoms with Gasteiger partial charge in [-0.05, 0) is 43.5 Å². The quantitative estimate of drug-likeness (QED) is 0.823. The number of aryl methyl sites for hydroxylation is 2. The van der Waals surface area contributed by atoms with Crippen molar-refractivity contribution in [2.24, 2.45) is 0 Å². The van der Waals surface area contributed by atoms with Crippen LogP contribution in [0.2, 0.25) is 0 Å². The molecule has 0 bridgehead atoms. The molecule has 1 fully saturated rings. The lowest BCUT2D eigenvalue weighted by Crippen LogP contribution is -2.32. The SMILES string of the molecule is Cc1ccc(S(=O)(=O)NC(=O)CS[C@@H]2CCS(=O)(=O)C2)cc1C. The molecule has 6 nitrogen and oxygen atoms in total. The Hall–Kier alpha value is -1.06. The van der Waals surface area contributed by atoms with E-state index in [2.05, 4.69) is 0 Å². The molecule has 0 spiro atoms. The Balaban J connectivity index is 1.95. The number of hydrogen-bond donors (Lipinski definition) is 1. The summed E-state index contributed by atoms with van der Waals surface area (Å²) in [5.41, 5.74) is 1.79. The molecule has 23 heavy (non-hydrogen) atoms. The number of amides is 1. The second-order valence-electron chi connectivity index (χ2n) is 5.61. The maximum absolute atomic E-state index is 12.2. The van der Waals surface area contributed by atoms with Crippen LogP contribution < -0.4 is 4.72 Å². The van der Waals surface area contributed by atoms with Crippen LogP contribution in [0.25, 0.3) is 0 Å². The van der Waals surface area contributed by atoms with Crippen molar-refractivity contribution in [1.29, 1.82) is 0 Å². The average molecular weight is 378 g/mol. The van der Waals surface area contributed by atoms with Crippen LogP contribution >= 0.6 is 11.8 Å². The number of thioether (sulfide) groups is 1. The van der Waals surface area contributed by atoms with Gasteiger partial charge in [0.2, 0.25) is 5.91 Å². The first-order valence-corrected chi connectivity index (χ1v) is 11.4. The van der Waals surface area contributed by atoms with Gasteiger partial charge in [0.25, 0.3) is 10.0 Å². The van der Waals surface area contributed by atoms with E-state index >= 15 is 0 Å². The van der Waals surface area contributed by atoms with Gasteiger partial charge < -0.3 is 0 Å². The van der Waals surface area contributed by atoms with Gasteiger partial charge in [0.1, 0.15) is 0 Å². The molecule has 2 rings (SSSR count). The predicted molar refractivity (Wildman–Crippen MR) is 90.8 cm³/mol. The number of carbonyl (C=O) groups excluding carboxylic acids is 1. The Morgan fingerprint density at radius 2 is 2.00 bits per heavy atom. The zero-order chi connectivity index (χ0) is 17.3. The van der Waals surface area contributed by atoms with Gasteiger partial charge in [-0.3, -0.25) is 4.79 Å². The monoisotopic (exact) mass is 377 g/mol. The van der Waals surface area contributed by atoms with E-state index in [1.54, 1.807) is 13.0 Å². The van der Waals surface area contributed by atoms with Crippen molar-refractivity contribution in [3.05, 3.63) is 29.3 Å². The Labute approximate surface area is 141 Å². The molecule has 9 heteroatoms. The molecule has 1 atom stereocenters. The van der Waals surface area contributed by atoms with Gasteiger partial charge in [0.15, 0.2) is 9.84 Å². The molecule has 1 amide bonds. The lowest BCUT2D eigenvalue weighted by molar-refractivity contribution is -0.116. The number of hydrogen-bond acceptors (Lipinski definition) is 6. The normalized spacial score (nSPS) is 20.3. The minimum absolute atomic E-state index is 0.0439. The van der Waals surface area contributed by atoms with Crippen LogP contribution in [-0.2, 0) is 24.7 Å². The third-order valence-corrected chi connectivity index (χ3v) is 8.33. The molecule has 1 saturated heterocycles. The largest absolute Gasteiger partial charge is 0.273 e. The highest BCUT2D eigenvalue weighted by molar-refractivity contribution is 8.02. The molecule has 1 heterocycles. The fraction of sp³-hybridized carbons (Fsp3) is 0.500. The van der Waals surface area contributed by atoms with Crippen molar-refractivity contribution in [3.63, 3.8) is 0 Å². The maximum Gasteiger partial charge on any atom is 0.264 e. The topological polar surface area (TPSA) is 97.4 Å². The molecule has 128 valence electrons. The smallest absolute Gasteiger partial charge is 0.264 e. The summed E-state index contributed by atoms with van der Waals surface area (Å²) in [6.07, 6.45) is 0.504. The standard InChI is InChI=1S/C14H19NO5S3/c1-10-3-4-13(7-11(10)2)23(19,20)15-14(16)8-21-12-5-6-22(17,18)9-12/h3-4,7,12H,5-6,8-9H2,1-2H3,(H,15,16)/t12-/m1/s1. The van der Waals surface area contributed by atoms with E-state index < -0.39 is 25.8 Å². The van der Waals surface area contributed by atoms with E-state index in [9.17, 15) is 21.6 Å². The van der Waals surface area contributed by atoms with Crippen LogP contribution in [0.5, 0.6) is 0 Å². The first-order valence-electron chi connectivity index (χ1n) is 7.04. The molecule has 0 radical (unpaired) electrons. The summed E-state index contributed by atoms with van der Waals surface area (Å²) in [4.78, 5) is 11.9. The summed E-state index contributed by atoms with van der Waals surface area (Å²) in [7, 11) is -6.90. The van der Waals surface area contributed by atoms with E-state index in [0.717, 1.165) is 11.1 Å². The molecule has 1 aliphatic rings. The van der Waals surface area contributed by atoms with Gasteiger partial charge in [0, 0.05) is 5.25 Å². The number of sulfone groups is 1. The van der Waals surface area contributed by atoms with E-state index in [0.29, 0.717) is 6.42 Å². The van der Waals surface area contributed by atoms with Crippen molar-refractivity contribution in [3.8, 4) is 0 Å². The highest BCUT2D eigenvalue weighted by atomic mass is 32.2. The summed E-state index contributed by atoms with van der Waals surface area (Å²) in [5.74, 6) is -0.538. The summed E-state index contributed by atoms with van der Waals surface area (Å²) in [6.45, 7) is 3.67. The summed E-state index contributed by atoms with van der Waals surface area (Å²) < 4.78 is 49.1. The zero-order valence-electron chi connectivity index (χ0n) is 12.9. The lowest BCUT2D eigenvalue weighted by atomic mass is 10.1. The molecule has 1 aromatic carbocycles. The van der Waals surface area contributed by atoms with Crippen molar-refractivity contribution in [2.75, 3.05) is 17.3 Å². The van der Waals surface area contributed by atoms with Crippen molar-refractivity contribution in [1.82, 2.24) is 4.72 Å². The van der Waals surface area contributed by atoms with Crippen LogP contribution in [0.4, 0.5) is 0 Å². The number of benzene rings is 1. The van der Waals surface area contributed by atoms with Crippen LogP contribution in [0.1, 0.15) is 17.5 Å². The molecule has 1 aliphatic heterocycles. The lowest BCUT2D eigenvalue weighted by Gasteiger charge is -2.10. The molecule has 0 saturated carbocycles. The molecular weight excluding hydrogens is 358 g/mol.